The van der Waals surface area contributed by atoms with Gasteiger partial charge in [-0.05, 0) is 18.2 Å². The van der Waals surface area contributed by atoms with E-state index >= 15 is 0 Å². The average Bonchev–Trinajstić information content (AvgIpc) is 2.50. The summed E-state index contributed by atoms with van der Waals surface area (Å²) < 4.78 is 57.5. The topological polar surface area (TPSA) is 88.4 Å². The molecule has 0 atom stereocenters. The molecule has 0 aliphatic heterocycles. The summed E-state index contributed by atoms with van der Waals surface area (Å²) in [6.45, 7) is 0. The van der Waals surface area contributed by atoms with Crippen LogP contribution in [0.3, 0.4) is 0 Å². The summed E-state index contributed by atoms with van der Waals surface area (Å²) in [6, 6.07) is 6.73. The predicted octanol–water partition coefficient (Wildman–Crippen LogP) is 3.19. The van der Waals surface area contributed by atoms with E-state index < -0.39 is 21.7 Å². The van der Waals surface area contributed by atoms with Crippen LogP contribution in [0, 0.1) is 11.6 Å². The lowest BCUT2D eigenvalue weighted by atomic mass is 10.1. The lowest BCUT2D eigenvalue weighted by Gasteiger charge is -2.14. The van der Waals surface area contributed by atoms with E-state index in [-0.39, 0.29) is 33.5 Å². The molecular weight excluding hydrogens is 354 g/mol. The number of fused-ring (bicyclic) bond motifs is 1. The Balaban J connectivity index is 2.17. The van der Waals surface area contributed by atoms with Gasteiger partial charge in [0.1, 0.15) is 17.2 Å². The molecule has 0 radical (unpaired) electrons. The van der Waals surface area contributed by atoms with Gasteiger partial charge in [-0.2, -0.15) is 0 Å². The molecule has 0 spiro atoms. The Morgan fingerprint density at radius 1 is 1.00 bits per heavy atom. The number of halogens is 2. The normalized spacial score (nSPS) is 11.5. The van der Waals surface area contributed by atoms with Crippen molar-refractivity contribution in [3.63, 3.8) is 0 Å². The van der Waals surface area contributed by atoms with E-state index in [4.69, 9.17) is 4.42 Å². The van der Waals surface area contributed by atoms with Crippen LogP contribution >= 0.6 is 0 Å². The molecule has 3 aromatic rings. The van der Waals surface area contributed by atoms with Crippen molar-refractivity contribution in [1.29, 1.82) is 0 Å². The van der Waals surface area contributed by atoms with Gasteiger partial charge in [-0.3, -0.25) is 9.52 Å². The van der Waals surface area contributed by atoms with Crippen molar-refractivity contribution < 1.29 is 21.6 Å². The molecule has 130 valence electrons. The molecule has 25 heavy (non-hydrogen) atoms. The molecule has 0 amide bonds. The quantitative estimate of drug-likeness (QED) is 0.740. The minimum atomic E-state index is -3.65. The fraction of sp³-hybridized carbons (Fsp3) is 0.0625. The van der Waals surface area contributed by atoms with Gasteiger partial charge in [-0.1, -0.05) is 0 Å². The Morgan fingerprint density at radius 3 is 2.44 bits per heavy atom. The number of hydrogen-bond donors (Lipinski definition) is 2. The van der Waals surface area contributed by atoms with Gasteiger partial charge in [0.15, 0.2) is 5.43 Å². The summed E-state index contributed by atoms with van der Waals surface area (Å²) in [5.41, 5.74) is -0.119. The predicted molar refractivity (Wildman–Crippen MR) is 90.6 cm³/mol. The maximum Gasteiger partial charge on any atom is 0.229 e. The molecule has 0 aliphatic carbocycles. The van der Waals surface area contributed by atoms with Crippen LogP contribution in [0.5, 0.6) is 0 Å². The zero-order chi connectivity index (χ0) is 18.2. The molecule has 0 unspecified atom stereocenters. The highest BCUT2D eigenvalue weighted by molar-refractivity contribution is 7.92. The van der Waals surface area contributed by atoms with E-state index in [1.165, 1.54) is 24.5 Å². The van der Waals surface area contributed by atoms with Gasteiger partial charge in [-0.15, -0.1) is 0 Å². The largest absolute Gasteiger partial charge is 0.464 e. The summed E-state index contributed by atoms with van der Waals surface area (Å²) in [7, 11) is -3.65. The van der Waals surface area contributed by atoms with Gasteiger partial charge < -0.3 is 9.73 Å². The molecule has 0 saturated carbocycles. The van der Waals surface area contributed by atoms with Crippen molar-refractivity contribution in [2.45, 2.75) is 0 Å². The first-order chi connectivity index (χ1) is 11.7. The SMILES string of the molecule is CS(=O)(=O)Nc1cc2occc(=O)c2cc1Nc1ccc(F)cc1F. The van der Waals surface area contributed by atoms with Gasteiger partial charge in [0.2, 0.25) is 10.0 Å². The minimum Gasteiger partial charge on any atom is -0.464 e. The molecule has 6 nitrogen and oxygen atoms in total. The van der Waals surface area contributed by atoms with Crippen molar-refractivity contribution in [3.8, 4) is 0 Å². The number of anilines is 3. The van der Waals surface area contributed by atoms with E-state index in [1.807, 2.05) is 0 Å². The molecule has 2 N–H and O–H groups in total. The van der Waals surface area contributed by atoms with Crippen molar-refractivity contribution in [1.82, 2.24) is 0 Å². The molecule has 2 aromatic carbocycles. The second-order valence-electron chi connectivity index (χ2n) is 5.30. The minimum absolute atomic E-state index is 0.0491. The van der Waals surface area contributed by atoms with Crippen molar-refractivity contribution >= 4 is 38.1 Å². The molecule has 0 saturated heterocycles. The molecule has 0 aliphatic rings. The molecule has 1 aromatic heterocycles. The van der Waals surface area contributed by atoms with E-state index in [1.54, 1.807) is 0 Å². The Bertz CT molecular complexity index is 1130. The fourth-order valence-electron chi connectivity index (χ4n) is 2.25. The summed E-state index contributed by atoms with van der Waals surface area (Å²) >= 11 is 0. The third-order valence-corrected chi connectivity index (χ3v) is 3.89. The average molecular weight is 366 g/mol. The first-order valence-corrected chi connectivity index (χ1v) is 8.87. The molecule has 3 rings (SSSR count). The van der Waals surface area contributed by atoms with Crippen LogP contribution in [-0.2, 0) is 10.0 Å². The number of sulfonamides is 1. The summed E-state index contributed by atoms with van der Waals surface area (Å²) in [5.74, 6) is -1.62. The Hall–Kier alpha value is -2.94. The highest BCUT2D eigenvalue weighted by Gasteiger charge is 2.14. The van der Waals surface area contributed by atoms with Crippen molar-refractivity contribution in [2.75, 3.05) is 16.3 Å². The summed E-state index contributed by atoms with van der Waals surface area (Å²) in [4.78, 5) is 11.9. The van der Waals surface area contributed by atoms with Gasteiger partial charge in [0.05, 0.1) is 35.0 Å². The van der Waals surface area contributed by atoms with Crippen LogP contribution in [0.15, 0.2) is 51.9 Å². The standard InChI is InChI=1S/C16H12F2N2O4S/c1-25(22,23)20-14-8-16-10(15(21)4-5-24-16)7-13(14)19-12-3-2-9(17)6-11(12)18/h2-8,19-20H,1H3. The van der Waals surface area contributed by atoms with Crippen LogP contribution in [0.4, 0.5) is 25.8 Å². The van der Waals surface area contributed by atoms with E-state index in [9.17, 15) is 22.0 Å². The van der Waals surface area contributed by atoms with Crippen LogP contribution in [0.1, 0.15) is 0 Å². The number of benzene rings is 2. The third-order valence-electron chi connectivity index (χ3n) is 3.30. The smallest absolute Gasteiger partial charge is 0.229 e. The molecule has 9 heteroatoms. The van der Waals surface area contributed by atoms with Gasteiger partial charge in [-0.25, -0.2) is 17.2 Å². The Morgan fingerprint density at radius 2 is 1.76 bits per heavy atom. The summed E-state index contributed by atoms with van der Waals surface area (Å²) in [5, 5.41) is 2.83. The second kappa shape index (κ2) is 6.17. The molecule has 0 bridgehead atoms. The monoisotopic (exact) mass is 366 g/mol. The molecule has 0 fully saturated rings. The molecule has 1 heterocycles. The number of hydrogen-bond acceptors (Lipinski definition) is 5. The lowest BCUT2D eigenvalue weighted by Crippen LogP contribution is -2.12. The van der Waals surface area contributed by atoms with Crippen molar-refractivity contribution in [3.05, 3.63) is 64.5 Å². The Kier molecular flexibility index (Phi) is 4.17. The summed E-state index contributed by atoms with van der Waals surface area (Å²) in [6.07, 6.45) is 2.13. The van der Waals surface area contributed by atoms with Gasteiger partial charge in [0, 0.05) is 18.2 Å². The highest BCUT2D eigenvalue weighted by atomic mass is 32.2. The first-order valence-electron chi connectivity index (χ1n) is 6.98. The second-order valence-corrected chi connectivity index (χ2v) is 7.05. The first kappa shape index (κ1) is 16.9. The van der Waals surface area contributed by atoms with E-state index in [0.717, 1.165) is 18.4 Å². The van der Waals surface area contributed by atoms with Crippen molar-refractivity contribution in [2.24, 2.45) is 0 Å². The zero-order valence-corrected chi connectivity index (χ0v) is 13.7. The zero-order valence-electron chi connectivity index (χ0n) is 12.8. The van der Waals surface area contributed by atoms with Crippen LogP contribution in [0.2, 0.25) is 0 Å². The highest BCUT2D eigenvalue weighted by Crippen LogP contribution is 2.31. The fourth-order valence-corrected chi connectivity index (χ4v) is 2.82. The van der Waals surface area contributed by atoms with Crippen LogP contribution in [-0.4, -0.2) is 14.7 Å². The molecular formula is C16H12F2N2O4S. The van der Waals surface area contributed by atoms with E-state index in [2.05, 4.69) is 10.0 Å². The van der Waals surface area contributed by atoms with Crippen LogP contribution in [0.25, 0.3) is 11.0 Å². The maximum atomic E-state index is 13.9. The van der Waals surface area contributed by atoms with Crippen LogP contribution < -0.4 is 15.5 Å². The number of nitrogens with one attached hydrogen (secondary N) is 2. The maximum absolute atomic E-state index is 13.9. The van der Waals surface area contributed by atoms with Gasteiger partial charge >= 0.3 is 0 Å². The van der Waals surface area contributed by atoms with E-state index in [0.29, 0.717) is 6.07 Å². The lowest BCUT2D eigenvalue weighted by molar-refractivity contribution is 0.586. The Labute approximate surface area is 141 Å². The third kappa shape index (κ3) is 3.77. The number of rotatable bonds is 4. The van der Waals surface area contributed by atoms with Gasteiger partial charge in [0.25, 0.3) is 0 Å².